The lowest BCUT2D eigenvalue weighted by Crippen LogP contribution is -2.29. The maximum absolute atomic E-state index is 4.84. The van der Waals surface area contributed by atoms with Gasteiger partial charge in [-0.3, -0.25) is 4.99 Å². The highest BCUT2D eigenvalue weighted by Crippen LogP contribution is 2.29. The molecule has 3 unspecified atom stereocenters. The standard InChI is InChI=1S/C18H26N2S/c1-14-6-5-9-16(10-14)12-19-18-20-17(13-21-18)11-15-7-3-2-4-8-15/h2-4,7-8,14,16-17H,5-6,9-13H2,1H3,(H,19,20). The van der Waals surface area contributed by atoms with E-state index in [2.05, 4.69) is 42.6 Å². The van der Waals surface area contributed by atoms with Gasteiger partial charge < -0.3 is 5.32 Å². The van der Waals surface area contributed by atoms with Crippen molar-refractivity contribution in [1.82, 2.24) is 5.32 Å². The van der Waals surface area contributed by atoms with Gasteiger partial charge in [0.1, 0.15) is 0 Å². The molecule has 21 heavy (non-hydrogen) atoms. The van der Waals surface area contributed by atoms with Crippen molar-refractivity contribution in [3.63, 3.8) is 0 Å². The van der Waals surface area contributed by atoms with E-state index in [-0.39, 0.29) is 0 Å². The topological polar surface area (TPSA) is 24.4 Å². The first-order chi connectivity index (χ1) is 10.3. The molecule has 2 fully saturated rings. The zero-order valence-electron chi connectivity index (χ0n) is 12.9. The molecule has 1 aliphatic heterocycles. The van der Waals surface area contributed by atoms with E-state index < -0.39 is 0 Å². The third kappa shape index (κ3) is 4.50. The molecule has 3 rings (SSSR count). The van der Waals surface area contributed by atoms with Crippen LogP contribution >= 0.6 is 11.8 Å². The molecule has 0 spiro atoms. The van der Waals surface area contributed by atoms with Gasteiger partial charge in [-0.1, -0.05) is 61.9 Å². The van der Waals surface area contributed by atoms with Gasteiger partial charge in [0.15, 0.2) is 5.17 Å². The Hall–Kier alpha value is -0.960. The zero-order valence-corrected chi connectivity index (χ0v) is 13.7. The minimum absolute atomic E-state index is 0.543. The Balaban J connectivity index is 1.46. The number of hydrogen-bond donors (Lipinski definition) is 1. The molecule has 114 valence electrons. The first-order valence-corrected chi connectivity index (χ1v) is 9.26. The zero-order chi connectivity index (χ0) is 14.5. The van der Waals surface area contributed by atoms with Crippen molar-refractivity contribution in [2.24, 2.45) is 16.8 Å². The number of amidine groups is 1. The van der Waals surface area contributed by atoms with E-state index in [1.54, 1.807) is 0 Å². The smallest absolute Gasteiger partial charge is 0.156 e. The molecule has 3 atom stereocenters. The quantitative estimate of drug-likeness (QED) is 0.905. The molecule has 1 N–H and O–H groups in total. The lowest BCUT2D eigenvalue weighted by Gasteiger charge is -2.25. The molecule has 1 aromatic rings. The fourth-order valence-electron chi connectivity index (χ4n) is 3.47. The number of aliphatic imine (C=N–C) groups is 1. The molecular weight excluding hydrogens is 276 g/mol. The van der Waals surface area contributed by atoms with Crippen LogP contribution in [-0.4, -0.2) is 23.5 Å². The molecule has 1 aromatic carbocycles. The van der Waals surface area contributed by atoms with Crippen molar-refractivity contribution in [2.45, 2.75) is 45.1 Å². The molecule has 1 heterocycles. The summed E-state index contributed by atoms with van der Waals surface area (Å²) in [5.41, 5.74) is 1.41. The van der Waals surface area contributed by atoms with Crippen molar-refractivity contribution >= 4 is 16.9 Å². The van der Waals surface area contributed by atoms with Gasteiger partial charge in [0.2, 0.25) is 0 Å². The van der Waals surface area contributed by atoms with Gasteiger partial charge in [0, 0.05) is 18.3 Å². The summed E-state index contributed by atoms with van der Waals surface area (Å²) >= 11 is 1.90. The van der Waals surface area contributed by atoms with Gasteiger partial charge in [0.25, 0.3) is 0 Å². The Kier molecular flexibility index (Phi) is 5.23. The number of rotatable bonds is 4. The number of hydrogen-bond acceptors (Lipinski definition) is 2. The van der Waals surface area contributed by atoms with Crippen LogP contribution in [0.4, 0.5) is 0 Å². The first kappa shape index (κ1) is 15.0. The second kappa shape index (κ2) is 7.35. The average molecular weight is 302 g/mol. The van der Waals surface area contributed by atoms with Crippen LogP contribution in [0.1, 0.15) is 38.2 Å². The first-order valence-electron chi connectivity index (χ1n) is 8.27. The fourth-order valence-corrected chi connectivity index (χ4v) is 4.45. The van der Waals surface area contributed by atoms with Crippen LogP contribution in [-0.2, 0) is 6.42 Å². The number of nitrogens with zero attached hydrogens (tertiary/aromatic N) is 1. The number of benzene rings is 1. The van der Waals surface area contributed by atoms with Crippen LogP contribution < -0.4 is 5.32 Å². The summed E-state index contributed by atoms with van der Waals surface area (Å²) in [6.45, 7) is 3.41. The average Bonchev–Trinajstić information content (AvgIpc) is 2.94. The van der Waals surface area contributed by atoms with Crippen molar-refractivity contribution < 1.29 is 0 Å². The molecule has 0 amide bonds. The highest BCUT2D eigenvalue weighted by molar-refractivity contribution is 8.14. The van der Waals surface area contributed by atoms with Gasteiger partial charge >= 0.3 is 0 Å². The summed E-state index contributed by atoms with van der Waals surface area (Å²) in [4.78, 5) is 4.84. The second-order valence-electron chi connectivity index (χ2n) is 6.63. The predicted molar refractivity (Wildman–Crippen MR) is 93.0 cm³/mol. The van der Waals surface area contributed by atoms with Gasteiger partial charge in [-0.2, -0.15) is 0 Å². The molecule has 0 aromatic heterocycles. The maximum Gasteiger partial charge on any atom is 0.156 e. The highest BCUT2D eigenvalue weighted by Gasteiger charge is 2.22. The Morgan fingerprint density at radius 1 is 1.24 bits per heavy atom. The molecule has 0 bridgehead atoms. The Morgan fingerprint density at radius 3 is 2.90 bits per heavy atom. The van der Waals surface area contributed by atoms with E-state index in [4.69, 9.17) is 4.99 Å². The second-order valence-corrected chi connectivity index (χ2v) is 7.63. The summed E-state index contributed by atoms with van der Waals surface area (Å²) < 4.78 is 0. The number of nitrogens with one attached hydrogen (secondary N) is 1. The van der Waals surface area contributed by atoms with E-state index in [9.17, 15) is 0 Å². The van der Waals surface area contributed by atoms with E-state index in [1.165, 1.54) is 36.4 Å². The van der Waals surface area contributed by atoms with Crippen molar-refractivity contribution in [3.8, 4) is 0 Å². The number of thioether (sulfide) groups is 1. The van der Waals surface area contributed by atoms with Crippen molar-refractivity contribution in [2.75, 3.05) is 12.3 Å². The minimum Gasteiger partial charge on any atom is -0.361 e. The van der Waals surface area contributed by atoms with Crippen LogP contribution in [0.15, 0.2) is 35.3 Å². The third-order valence-electron chi connectivity index (χ3n) is 4.61. The molecule has 1 aliphatic carbocycles. The minimum atomic E-state index is 0.543. The fraction of sp³-hybridized carbons (Fsp3) is 0.611. The van der Waals surface area contributed by atoms with Gasteiger partial charge in [-0.25, -0.2) is 0 Å². The monoisotopic (exact) mass is 302 g/mol. The molecule has 3 heteroatoms. The van der Waals surface area contributed by atoms with Crippen LogP contribution in [0.5, 0.6) is 0 Å². The van der Waals surface area contributed by atoms with Crippen molar-refractivity contribution in [1.29, 1.82) is 0 Å². The van der Waals surface area contributed by atoms with Gasteiger partial charge in [-0.15, -0.1) is 0 Å². The van der Waals surface area contributed by atoms with E-state index >= 15 is 0 Å². The largest absolute Gasteiger partial charge is 0.361 e. The van der Waals surface area contributed by atoms with Crippen LogP contribution in [0.25, 0.3) is 0 Å². The lowest BCUT2D eigenvalue weighted by atomic mass is 9.82. The molecule has 1 saturated carbocycles. The summed E-state index contributed by atoms with van der Waals surface area (Å²) in [7, 11) is 0. The predicted octanol–water partition coefficient (Wildman–Crippen LogP) is 4.12. The molecule has 0 radical (unpaired) electrons. The molecule has 2 aliphatic rings. The maximum atomic E-state index is 4.84. The lowest BCUT2D eigenvalue weighted by molar-refractivity contribution is 0.289. The summed E-state index contributed by atoms with van der Waals surface area (Å²) in [6.07, 6.45) is 6.66. The van der Waals surface area contributed by atoms with E-state index in [1.807, 2.05) is 11.8 Å². The molecule has 1 saturated heterocycles. The van der Waals surface area contributed by atoms with Gasteiger partial charge in [0.05, 0.1) is 0 Å². The third-order valence-corrected chi connectivity index (χ3v) is 5.70. The Morgan fingerprint density at radius 2 is 2.10 bits per heavy atom. The van der Waals surface area contributed by atoms with E-state index in [0.717, 1.165) is 30.6 Å². The van der Waals surface area contributed by atoms with Crippen LogP contribution in [0, 0.1) is 11.8 Å². The summed E-state index contributed by atoms with van der Waals surface area (Å²) in [5, 5.41) is 4.78. The SMILES string of the molecule is CC1CCCC(CN=C2NC(Cc3ccccc3)CS2)C1. The molecule has 2 nitrogen and oxygen atoms in total. The Labute approximate surface area is 132 Å². The van der Waals surface area contributed by atoms with Crippen LogP contribution in [0.3, 0.4) is 0 Å². The summed E-state index contributed by atoms with van der Waals surface area (Å²) in [6, 6.07) is 11.3. The van der Waals surface area contributed by atoms with Gasteiger partial charge in [-0.05, 0) is 36.7 Å². The molecular formula is C18H26N2S. The van der Waals surface area contributed by atoms with Crippen molar-refractivity contribution in [3.05, 3.63) is 35.9 Å². The highest BCUT2D eigenvalue weighted by atomic mass is 32.2. The van der Waals surface area contributed by atoms with E-state index in [0.29, 0.717) is 6.04 Å². The normalized spacial score (nSPS) is 31.3. The van der Waals surface area contributed by atoms with Crippen LogP contribution in [0.2, 0.25) is 0 Å². The summed E-state index contributed by atoms with van der Waals surface area (Å²) in [5.74, 6) is 2.87. The Bertz CT molecular complexity index is 471.